The van der Waals surface area contributed by atoms with Crippen LogP contribution in [0.5, 0.6) is 0 Å². The number of hydrogen-bond acceptors (Lipinski definition) is 18. The van der Waals surface area contributed by atoms with Gasteiger partial charge in [0.25, 0.3) is 0 Å². The summed E-state index contributed by atoms with van der Waals surface area (Å²) in [6.07, 6.45) is 0. The summed E-state index contributed by atoms with van der Waals surface area (Å²) in [7, 11) is -21.8. The van der Waals surface area contributed by atoms with E-state index in [4.69, 9.17) is 84.3 Å². The molecule has 0 heterocycles. The van der Waals surface area contributed by atoms with Crippen molar-refractivity contribution in [1.29, 1.82) is 0 Å². The summed E-state index contributed by atoms with van der Waals surface area (Å²) in [5, 5.41) is 0. The number of rotatable bonds is 0. The van der Waals surface area contributed by atoms with E-state index in [0.717, 1.165) is 0 Å². The monoisotopic (exact) mass is 680 g/mol. The molecule has 0 N–H and O–H groups in total. The van der Waals surface area contributed by atoms with E-state index in [0.29, 0.717) is 0 Å². The van der Waals surface area contributed by atoms with Crippen molar-refractivity contribution in [1.82, 2.24) is 0 Å². The third-order valence-corrected chi connectivity index (χ3v) is 0. The SMILES string of the molecule is O=[Si]([O-])[O-].O=[Si]([O-])[O-].O=[Si]([O-])[O-].O=[Si]([O-])[O-].O=[Si]([O-])[O-].O=[Si]([O-])[O-].[Ca+2].[K+].[Li+].[Ti+4].[Zr+4]. The molecule has 0 aromatic carbocycles. The molecule has 144 valence electrons. The van der Waals surface area contributed by atoms with Crippen molar-refractivity contribution in [2.24, 2.45) is 0 Å². The van der Waals surface area contributed by atoms with Gasteiger partial charge in [-0.2, -0.15) is 0 Å². The second kappa shape index (κ2) is 63.2. The van der Waals surface area contributed by atoms with Gasteiger partial charge in [-0.3, -0.25) is 0 Å². The molecule has 0 saturated heterocycles. The minimum atomic E-state index is -3.63. The molecule has 0 fully saturated rings. The van der Waals surface area contributed by atoms with Crippen molar-refractivity contribution in [3.05, 3.63) is 0 Å². The topological polar surface area (TPSA) is 379 Å². The predicted molar refractivity (Wildman–Crippen MR) is 44.4 cm³/mol. The van der Waals surface area contributed by atoms with Gasteiger partial charge in [0.1, 0.15) is 0 Å². The third-order valence-electron chi connectivity index (χ3n) is 0. The Morgan fingerprint density at radius 3 is 0.379 bits per heavy atom. The van der Waals surface area contributed by atoms with Gasteiger partial charge in [0.15, 0.2) is 0 Å². The molecule has 0 aliphatic rings. The molecular weight excluding hydrogens is 682 g/mol. The molecule has 0 unspecified atom stereocenters. The fraction of sp³-hybridized carbons (Fsp3) is 0. The van der Waals surface area contributed by atoms with Gasteiger partial charge in [0.05, 0.1) is 0 Å². The molecule has 0 spiro atoms. The third kappa shape index (κ3) is 3270. The van der Waals surface area contributed by atoms with Crippen LogP contribution in [0.15, 0.2) is 0 Å². The standard InChI is InChI=1S/Ca.K.Li.6O3Si.Ti.Zr/c;;;6*1-4(2)3;;/q+2;2*+1;6*-2;2*+4. The molecular formula is CaKLiO18Si6TiZr. The van der Waals surface area contributed by atoms with Crippen molar-refractivity contribution in [3.63, 3.8) is 0 Å². The Morgan fingerprint density at radius 1 is 0.379 bits per heavy atom. The van der Waals surface area contributed by atoms with Crippen LogP contribution in [-0.2, 0) is 74.7 Å². The van der Waals surface area contributed by atoms with Gasteiger partial charge in [-0.1, -0.05) is 0 Å². The smallest absolute Gasteiger partial charge is 0.672 e. The minimum absolute atomic E-state index is 0. The molecule has 0 aromatic rings. The van der Waals surface area contributed by atoms with E-state index in [1.54, 1.807) is 0 Å². The van der Waals surface area contributed by atoms with Crippen LogP contribution in [0.2, 0.25) is 0 Å². The van der Waals surface area contributed by atoms with Gasteiger partial charge in [0.2, 0.25) is 0 Å². The summed E-state index contributed by atoms with van der Waals surface area (Å²) in [5.74, 6) is 0. The second-order valence-corrected chi connectivity index (χ2v) is 4.50. The first-order valence-corrected chi connectivity index (χ1v) is 11.0. The Balaban J connectivity index is -0.0000000144. The largest absolute Gasteiger partial charge is 4.00 e. The van der Waals surface area contributed by atoms with Gasteiger partial charge in [-0.15, -0.1) is 0 Å². The number of hydrogen-bond donors (Lipinski definition) is 0. The molecule has 0 aliphatic carbocycles. The van der Waals surface area contributed by atoms with E-state index in [1.165, 1.54) is 0 Å². The zero-order valence-corrected chi connectivity index (χ0v) is 29.4. The summed E-state index contributed by atoms with van der Waals surface area (Å²) < 4.78 is 51.1. The molecule has 29 heavy (non-hydrogen) atoms. The first kappa shape index (κ1) is 69.7. The normalized spacial score (nSPS) is 4.97. The molecule has 0 atom stereocenters. The van der Waals surface area contributed by atoms with Crippen LogP contribution in [0, 0.1) is 0 Å². The summed E-state index contributed by atoms with van der Waals surface area (Å²) in [4.78, 5) is 102. The molecule has 0 saturated carbocycles. The van der Waals surface area contributed by atoms with E-state index >= 15 is 0 Å². The zero-order valence-electron chi connectivity index (χ0n) is 14.1. The van der Waals surface area contributed by atoms with E-state index < -0.39 is 55.0 Å². The van der Waals surface area contributed by atoms with Gasteiger partial charge in [-0.25, -0.2) is 0 Å². The molecule has 18 nitrogen and oxygen atoms in total. The predicted octanol–water partition coefficient (Wildman–Crippen LogP) is -23.6. The maximum absolute atomic E-state index is 8.52. The van der Waals surface area contributed by atoms with E-state index in [9.17, 15) is 0 Å². The van der Waals surface area contributed by atoms with Crippen LogP contribution >= 0.6 is 0 Å². The fourth-order valence-electron chi connectivity index (χ4n) is 0. The Morgan fingerprint density at radius 2 is 0.379 bits per heavy atom. The van der Waals surface area contributed by atoms with Crippen LogP contribution in [0.1, 0.15) is 0 Å². The van der Waals surface area contributed by atoms with Gasteiger partial charge in [-0.05, 0) is 0 Å². The van der Waals surface area contributed by atoms with Gasteiger partial charge >= 0.3 is 156 Å². The van der Waals surface area contributed by atoms with E-state index in [-0.39, 0.29) is 156 Å². The van der Waals surface area contributed by atoms with E-state index in [2.05, 4.69) is 0 Å². The average molecular weight is 682 g/mol. The summed E-state index contributed by atoms with van der Waals surface area (Å²) in [5.41, 5.74) is 0. The van der Waals surface area contributed by atoms with Crippen molar-refractivity contribution in [3.8, 4) is 0 Å². The fourth-order valence-corrected chi connectivity index (χ4v) is 0. The molecule has 0 bridgehead atoms. The molecule has 0 amide bonds. The molecule has 29 heteroatoms. The van der Waals surface area contributed by atoms with Crippen molar-refractivity contribution in [2.45, 2.75) is 0 Å². The van der Waals surface area contributed by atoms with Crippen LogP contribution < -0.4 is 128 Å². The Kier molecular flexibility index (Phi) is 152. The van der Waals surface area contributed by atoms with Crippen molar-refractivity contribution >= 4 is 92.8 Å². The first-order valence-electron chi connectivity index (χ1n) is 3.67. The second-order valence-electron chi connectivity index (χ2n) is 1.50. The average Bonchev–Trinajstić information content (AvgIpc) is 2.08. The van der Waals surface area contributed by atoms with Crippen LogP contribution in [0.25, 0.3) is 0 Å². The van der Waals surface area contributed by atoms with Gasteiger partial charge < -0.3 is 84.3 Å². The first-order chi connectivity index (χ1) is 10.4. The minimum Gasteiger partial charge on any atom is -0.672 e. The maximum Gasteiger partial charge on any atom is 4.00 e. The molecule has 0 radical (unpaired) electrons. The quantitative estimate of drug-likeness (QED) is 0.214. The van der Waals surface area contributed by atoms with E-state index in [1.807, 2.05) is 0 Å². The molecule has 0 aliphatic heterocycles. The maximum atomic E-state index is 8.52. The zero-order chi connectivity index (χ0) is 21.5. The van der Waals surface area contributed by atoms with Crippen LogP contribution in [0.3, 0.4) is 0 Å². The Hall–Kier alpha value is 2.79. The van der Waals surface area contributed by atoms with Crippen molar-refractivity contribution in [2.75, 3.05) is 0 Å². The molecule has 0 aromatic heterocycles. The molecule has 0 rings (SSSR count). The van der Waals surface area contributed by atoms with Crippen molar-refractivity contribution < 1.29 is 202 Å². The summed E-state index contributed by atoms with van der Waals surface area (Å²) in [6.45, 7) is 0. The Labute approximate surface area is 289 Å². The Bertz CT molecular complexity index is 281. The van der Waals surface area contributed by atoms with Gasteiger partial charge in [0, 0.05) is 55.0 Å². The van der Waals surface area contributed by atoms with Crippen LogP contribution in [0.4, 0.5) is 0 Å². The summed E-state index contributed by atoms with van der Waals surface area (Å²) >= 11 is 0. The van der Waals surface area contributed by atoms with Crippen LogP contribution in [-0.4, -0.2) is 92.8 Å². The summed E-state index contributed by atoms with van der Waals surface area (Å²) in [6, 6.07) is 0.